The van der Waals surface area contributed by atoms with E-state index in [1.807, 2.05) is 0 Å². The molecule has 0 saturated carbocycles. The number of hydrogen-bond donors (Lipinski definition) is 3. The molecule has 6 nitrogen and oxygen atoms in total. The van der Waals surface area contributed by atoms with Gasteiger partial charge in [0.25, 0.3) is 0 Å². The molecule has 0 aliphatic rings. The van der Waals surface area contributed by atoms with Crippen molar-refractivity contribution < 1.29 is 18.3 Å². The molecule has 0 aliphatic heterocycles. The number of alkyl halides is 3. The number of nitrogens with zero attached hydrogens (tertiary/aromatic N) is 3. The van der Waals surface area contributed by atoms with Crippen molar-refractivity contribution >= 4 is 22.7 Å². The zero-order valence-corrected chi connectivity index (χ0v) is 13.6. The molecule has 1 aromatic carbocycles. The van der Waals surface area contributed by atoms with E-state index in [0.29, 0.717) is 34.1 Å². The minimum atomic E-state index is -4.42. The van der Waals surface area contributed by atoms with Gasteiger partial charge in [0.15, 0.2) is 0 Å². The Bertz CT molecular complexity index is 1110. The van der Waals surface area contributed by atoms with Crippen LogP contribution >= 0.6 is 0 Å². The number of nitrogens with one attached hydrogen (secondary N) is 2. The number of rotatable bonds is 3. The normalized spacial score (nSPS) is 11.7. The summed E-state index contributed by atoms with van der Waals surface area (Å²) in [6, 6.07) is 9.67. The molecular weight excluding hydrogens is 359 g/mol. The number of benzene rings is 1. The summed E-state index contributed by atoms with van der Waals surface area (Å²) < 4.78 is 38.7. The Morgan fingerprint density at radius 2 is 1.78 bits per heavy atom. The summed E-state index contributed by atoms with van der Waals surface area (Å²) >= 11 is 0. The Kier molecular flexibility index (Phi) is 3.91. The van der Waals surface area contributed by atoms with E-state index in [1.54, 1.807) is 18.2 Å². The van der Waals surface area contributed by atoms with Crippen LogP contribution in [0.2, 0.25) is 0 Å². The highest BCUT2D eigenvalue weighted by Gasteiger charge is 2.30. The van der Waals surface area contributed by atoms with E-state index in [1.165, 1.54) is 24.5 Å². The van der Waals surface area contributed by atoms with Gasteiger partial charge in [-0.3, -0.25) is 0 Å². The Labute approximate surface area is 150 Å². The van der Waals surface area contributed by atoms with Crippen LogP contribution in [0.15, 0.2) is 54.9 Å². The lowest BCUT2D eigenvalue weighted by atomic mass is 10.1. The van der Waals surface area contributed by atoms with Gasteiger partial charge in [0.2, 0.25) is 0 Å². The van der Waals surface area contributed by atoms with Gasteiger partial charge >= 0.3 is 6.18 Å². The highest BCUT2D eigenvalue weighted by molar-refractivity contribution is 5.81. The molecule has 0 spiro atoms. The molecule has 9 heteroatoms. The van der Waals surface area contributed by atoms with Gasteiger partial charge in [0, 0.05) is 11.6 Å². The lowest BCUT2D eigenvalue weighted by molar-refractivity contribution is -0.137. The Hall–Kier alpha value is -3.62. The molecular formula is C18H12F3N5O. The molecule has 3 heterocycles. The van der Waals surface area contributed by atoms with Crippen molar-refractivity contribution in [3.8, 4) is 17.1 Å². The third-order valence-corrected chi connectivity index (χ3v) is 3.83. The number of imidazole rings is 1. The van der Waals surface area contributed by atoms with Crippen LogP contribution < -0.4 is 5.32 Å². The summed E-state index contributed by atoms with van der Waals surface area (Å²) in [5.74, 6) is 1.30. The second-order valence-corrected chi connectivity index (χ2v) is 5.78. The number of fused-ring (bicyclic) bond motifs is 1. The minimum Gasteiger partial charge on any atom is -0.506 e. The zero-order chi connectivity index (χ0) is 19.0. The number of H-pyrrole nitrogens is 1. The van der Waals surface area contributed by atoms with Crippen LogP contribution in [0.1, 0.15) is 5.56 Å². The maximum absolute atomic E-state index is 12.9. The molecule has 0 atom stereocenters. The fourth-order valence-corrected chi connectivity index (χ4v) is 2.55. The Morgan fingerprint density at radius 1 is 0.963 bits per heavy atom. The molecule has 27 heavy (non-hydrogen) atoms. The summed E-state index contributed by atoms with van der Waals surface area (Å²) in [5.41, 5.74) is 0.723. The monoisotopic (exact) mass is 371 g/mol. The van der Waals surface area contributed by atoms with Gasteiger partial charge < -0.3 is 15.4 Å². The lowest BCUT2D eigenvalue weighted by Crippen LogP contribution is -2.04. The van der Waals surface area contributed by atoms with E-state index in [0.717, 1.165) is 12.1 Å². The lowest BCUT2D eigenvalue weighted by Gasteiger charge is -2.07. The van der Waals surface area contributed by atoms with E-state index < -0.39 is 11.7 Å². The van der Waals surface area contributed by atoms with Gasteiger partial charge in [-0.1, -0.05) is 12.1 Å². The molecule has 4 rings (SSSR count). The maximum Gasteiger partial charge on any atom is 0.416 e. The molecule has 0 amide bonds. The molecule has 0 radical (unpaired) electrons. The van der Waals surface area contributed by atoms with E-state index in [4.69, 9.17) is 0 Å². The average Bonchev–Trinajstić information content (AvgIpc) is 3.06. The van der Waals surface area contributed by atoms with Crippen molar-refractivity contribution in [1.29, 1.82) is 0 Å². The fourth-order valence-electron chi connectivity index (χ4n) is 2.55. The number of hydrogen-bond acceptors (Lipinski definition) is 5. The standard InChI is InChI=1S/C18H12F3N5O/c19-18(20,21)11-3-1-2-10(6-11)17-24-13-7-16(23-9-14(13)25-17)26-15-5-4-12(27)8-22-15/h1-9,27H,(H,24,25)(H,22,23,26). The van der Waals surface area contributed by atoms with Gasteiger partial charge in [0.05, 0.1) is 29.0 Å². The van der Waals surface area contributed by atoms with Crippen LogP contribution in [0.5, 0.6) is 5.75 Å². The van der Waals surface area contributed by atoms with Crippen molar-refractivity contribution in [1.82, 2.24) is 19.9 Å². The van der Waals surface area contributed by atoms with E-state index in [2.05, 4.69) is 25.3 Å². The van der Waals surface area contributed by atoms with Gasteiger partial charge in [0.1, 0.15) is 23.2 Å². The third kappa shape index (κ3) is 3.52. The second kappa shape index (κ2) is 6.27. The van der Waals surface area contributed by atoms with Crippen LogP contribution in [0.4, 0.5) is 24.8 Å². The van der Waals surface area contributed by atoms with E-state index in [9.17, 15) is 18.3 Å². The summed E-state index contributed by atoms with van der Waals surface area (Å²) in [5, 5.41) is 12.2. The quantitative estimate of drug-likeness (QED) is 0.494. The van der Waals surface area contributed by atoms with Crippen molar-refractivity contribution in [2.24, 2.45) is 0 Å². The van der Waals surface area contributed by atoms with Crippen LogP contribution in [0.3, 0.4) is 0 Å². The van der Waals surface area contributed by atoms with Crippen LogP contribution in [0, 0.1) is 0 Å². The number of aromatic amines is 1. The van der Waals surface area contributed by atoms with Crippen molar-refractivity contribution in [3.63, 3.8) is 0 Å². The number of aromatic hydroxyl groups is 1. The van der Waals surface area contributed by atoms with Crippen molar-refractivity contribution in [2.75, 3.05) is 5.32 Å². The van der Waals surface area contributed by atoms with Gasteiger partial charge in [-0.2, -0.15) is 13.2 Å². The SMILES string of the molecule is Oc1ccc(Nc2cc3nc(-c4cccc(C(F)(F)F)c4)[nH]c3cn2)nc1. The number of pyridine rings is 2. The second-order valence-electron chi connectivity index (χ2n) is 5.78. The van der Waals surface area contributed by atoms with Crippen molar-refractivity contribution in [3.05, 3.63) is 60.4 Å². The Balaban J connectivity index is 1.66. The predicted molar refractivity (Wildman–Crippen MR) is 93.5 cm³/mol. The first kappa shape index (κ1) is 16.8. The summed E-state index contributed by atoms with van der Waals surface area (Å²) in [6.07, 6.45) is -1.60. The topological polar surface area (TPSA) is 86.7 Å². The maximum atomic E-state index is 12.9. The van der Waals surface area contributed by atoms with Crippen LogP contribution in [-0.2, 0) is 6.18 Å². The smallest absolute Gasteiger partial charge is 0.416 e. The molecule has 3 aromatic heterocycles. The molecule has 0 aliphatic carbocycles. The summed E-state index contributed by atoms with van der Waals surface area (Å²) in [6.45, 7) is 0. The molecule has 0 unspecified atom stereocenters. The molecule has 3 N–H and O–H groups in total. The Morgan fingerprint density at radius 3 is 2.52 bits per heavy atom. The fraction of sp³-hybridized carbons (Fsp3) is 0.0556. The molecule has 136 valence electrons. The summed E-state index contributed by atoms with van der Waals surface area (Å²) in [7, 11) is 0. The molecule has 0 fully saturated rings. The first-order valence-corrected chi connectivity index (χ1v) is 7.84. The minimum absolute atomic E-state index is 0.0435. The van der Waals surface area contributed by atoms with E-state index in [-0.39, 0.29) is 5.75 Å². The highest BCUT2D eigenvalue weighted by Crippen LogP contribution is 2.32. The molecule has 4 aromatic rings. The first-order valence-electron chi connectivity index (χ1n) is 7.84. The third-order valence-electron chi connectivity index (χ3n) is 3.83. The number of aromatic nitrogens is 4. The average molecular weight is 371 g/mol. The number of halogens is 3. The zero-order valence-electron chi connectivity index (χ0n) is 13.6. The van der Waals surface area contributed by atoms with Gasteiger partial charge in [-0.15, -0.1) is 0 Å². The van der Waals surface area contributed by atoms with Crippen LogP contribution in [0.25, 0.3) is 22.4 Å². The molecule has 0 saturated heterocycles. The van der Waals surface area contributed by atoms with Crippen LogP contribution in [-0.4, -0.2) is 25.0 Å². The van der Waals surface area contributed by atoms with Gasteiger partial charge in [-0.05, 0) is 24.3 Å². The largest absolute Gasteiger partial charge is 0.506 e. The first-order chi connectivity index (χ1) is 12.9. The van der Waals surface area contributed by atoms with Gasteiger partial charge in [-0.25, -0.2) is 15.0 Å². The van der Waals surface area contributed by atoms with E-state index >= 15 is 0 Å². The van der Waals surface area contributed by atoms with Crippen molar-refractivity contribution in [2.45, 2.75) is 6.18 Å². The number of anilines is 2. The molecule has 0 bridgehead atoms. The predicted octanol–water partition coefficient (Wildman–Crippen LogP) is 4.49. The summed E-state index contributed by atoms with van der Waals surface area (Å²) in [4.78, 5) is 15.6. The highest BCUT2D eigenvalue weighted by atomic mass is 19.4.